The van der Waals surface area contributed by atoms with E-state index in [0.717, 1.165) is 24.2 Å². The zero-order valence-electron chi connectivity index (χ0n) is 9.18. The van der Waals surface area contributed by atoms with Crippen molar-refractivity contribution in [2.75, 3.05) is 13.1 Å². The Morgan fingerprint density at radius 3 is 2.87 bits per heavy atom. The summed E-state index contributed by atoms with van der Waals surface area (Å²) in [6.07, 6.45) is 0. The van der Waals surface area contributed by atoms with Gasteiger partial charge in [0.1, 0.15) is 5.82 Å². The van der Waals surface area contributed by atoms with E-state index in [1.807, 2.05) is 19.9 Å². The lowest BCUT2D eigenvalue weighted by molar-refractivity contribution is 0.447. The molecule has 0 radical (unpaired) electrons. The Balaban J connectivity index is 2.40. The van der Waals surface area contributed by atoms with E-state index in [0.29, 0.717) is 0 Å². The van der Waals surface area contributed by atoms with Crippen LogP contribution in [0.15, 0.2) is 18.2 Å². The van der Waals surface area contributed by atoms with Crippen molar-refractivity contribution in [3.05, 3.63) is 35.1 Å². The highest BCUT2D eigenvalue weighted by Crippen LogP contribution is 2.31. The lowest BCUT2D eigenvalue weighted by Gasteiger charge is -2.26. The molecule has 2 rings (SSSR count). The molecule has 0 unspecified atom stereocenters. The normalized spacial score (nSPS) is 30.8. The number of benzene rings is 1. The summed E-state index contributed by atoms with van der Waals surface area (Å²) in [5.41, 5.74) is 7.61. The Morgan fingerprint density at radius 1 is 1.53 bits per heavy atom. The Kier molecular flexibility index (Phi) is 2.52. The molecule has 1 aliphatic heterocycles. The van der Waals surface area contributed by atoms with Crippen LogP contribution in [-0.2, 0) is 0 Å². The third kappa shape index (κ3) is 1.90. The summed E-state index contributed by atoms with van der Waals surface area (Å²) < 4.78 is 13.7. The van der Waals surface area contributed by atoms with Gasteiger partial charge < -0.3 is 11.1 Å². The van der Waals surface area contributed by atoms with Gasteiger partial charge in [-0.2, -0.15) is 0 Å². The summed E-state index contributed by atoms with van der Waals surface area (Å²) in [7, 11) is 0. The van der Waals surface area contributed by atoms with Gasteiger partial charge in [0.05, 0.1) is 0 Å². The lowest BCUT2D eigenvalue weighted by Crippen LogP contribution is -2.43. The Hall–Kier alpha value is -0.930. The molecule has 1 aromatic rings. The smallest absolute Gasteiger partial charge is 0.126 e. The first kappa shape index (κ1) is 10.6. The number of nitrogens with two attached hydrogens (primary N) is 1. The molecule has 0 aliphatic carbocycles. The molecular formula is C12H17FN2. The Labute approximate surface area is 89.7 Å². The minimum atomic E-state index is -0.353. The molecule has 0 amide bonds. The van der Waals surface area contributed by atoms with Crippen molar-refractivity contribution in [3.63, 3.8) is 0 Å². The van der Waals surface area contributed by atoms with Gasteiger partial charge in [0.25, 0.3) is 0 Å². The number of hydrogen-bond acceptors (Lipinski definition) is 2. The molecule has 3 N–H and O–H groups in total. The van der Waals surface area contributed by atoms with E-state index in [-0.39, 0.29) is 17.3 Å². The van der Waals surface area contributed by atoms with Crippen LogP contribution < -0.4 is 11.1 Å². The van der Waals surface area contributed by atoms with Gasteiger partial charge in [-0.05, 0) is 25.5 Å². The van der Waals surface area contributed by atoms with Gasteiger partial charge in [0.15, 0.2) is 0 Å². The maximum Gasteiger partial charge on any atom is 0.126 e. The van der Waals surface area contributed by atoms with Crippen molar-refractivity contribution in [2.24, 2.45) is 5.73 Å². The molecule has 3 heteroatoms. The highest BCUT2D eigenvalue weighted by Gasteiger charge is 2.37. The molecule has 15 heavy (non-hydrogen) atoms. The molecule has 1 heterocycles. The largest absolute Gasteiger partial charge is 0.324 e. The van der Waals surface area contributed by atoms with Crippen molar-refractivity contribution >= 4 is 0 Å². The highest BCUT2D eigenvalue weighted by atomic mass is 19.1. The van der Waals surface area contributed by atoms with Crippen LogP contribution in [0.3, 0.4) is 0 Å². The molecular weight excluding hydrogens is 191 g/mol. The molecule has 1 saturated heterocycles. The Bertz CT molecular complexity index is 374. The van der Waals surface area contributed by atoms with Crippen molar-refractivity contribution < 1.29 is 4.39 Å². The van der Waals surface area contributed by atoms with E-state index in [4.69, 9.17) is 5.73 Å². The number of nitrogens with one attached hydrogen (secondary N) is 1. The fourth-order valence-electron chi connectivity index (χ4n) is 2.24. The summed E-state index contributed by atoms with van der Waals surface area (Å²) in [6, 6.07) is 5.21. The zero-order valence-corrected chi connectivity index (χ0v) is 9.18. The first-order valence-corrected chi connectivity index (χ1v) is 5.26. The summed E-state index contributed by atoms with van der Waals surface area (Å²) >= 11 is 0. The van der Waals surface area contributed by atoms with Crippen LogP contribution in [0.1, 0.15) is 24.0 Å². The Morgan fingerprint density at radius 2 is 2.27 bits per heavy atom. The molecule has 0 saturated carbocycles. The number of halogens is 1. The van der Waals surface area contributed by atoms with Gasteiger partial charge in [-0.25, -0.2) is 4.39 Å². The van der Waals surface area contributed by atoms with Gasteiger partial charge in [0, 0.05) is 24.5 Å². The fraction of sp³-hybridized carbons (Fsp3) is 0.500. The van der Waals surface area contributed by atoms with Crippen LogP contribution in [0, 0.1) is 12.7 Å². The maximum absolute atomic E-state index is 13.7. The standard InChI is InChI=1S/C12H17FN2/c1-8-3-4-11(13)9(5-8)10-6-15-7-12(10,2)14/h3-5,10,15H,6-7,14H2,1-2H3/t10-,12+/m1/s1. The number of hydrogen-bond donors (Lipinski definition) is 2. The van der Waals surface area contributed by atoms with Crippen LogP contribution in [0.4, 0.5) is 4.39 Å². The lowest BCUT2D eigenvalue weighted by atomic mass is 9.83. The minimum Gasteiger partial charge on any atom is -0.324 e. The second kappa shape index (κ2) is 3.58. The molecule has 0 spiro atoms. The van der Waals surface area contributed by atoms with Crippen LogP contribution in [0.5, 0.6) is 0 Å². The van der Waals surface area contributed by atoms with E-state index in [9.17, 15) is 4.39 Å². The molecule has 1 aliphatic rings. The minimum absolute atomic E-state index is 0.0670. The summed E-state index contributed by atoms with van der Waals surface area (Å²) in [5, 5.41) is 3.22. The van der Waals surface area contributed by atoms with E-state index < -0.39 is 0 Å². The molecule has 1 fully saturated rings. The van der Waals surface area contributed by atoms with Crippen molar-refractivity contribution in [1.82, 2.24) is 5.32 Å². The monoisotopic (exact) mass is 208 g/mol. The summed E-state index contributed by atoms with van der Waals surface area (Å²) in [5.74, 6) is -0.0802. The molecule has 0 bridgehead atoms. The second-order valence-corrected chi connectivity index (χ2v) is 4.71. The average Bonchev–Trinajstić information content (AvgIpc) is 2.50. The fourth-order valence-corrected chi connectivity index (χ4v) is 2.24. The molecule has 82 valence electrons. The molecule has 1 aromatic carbocycles. The van der Waals surface area contributed by atoms with Crippen LogP contribution >= 0.6 is 0 Å². The van der Waals surface area contributed by atoms with E-state index in [2.05, 4.69) is 5.32 Å². The first-order chi connectivity index (χ1) is 7.00. The molecule has 2 nitrogen and oxygen atoms in total. The maximum atomic E-state index is 13.7. The van der Waals surface area contributed by atoms with Crippen LogP contribution in [0.25, 0.3) is 0 Å². The van der Waals surface area contributed by atoms with E-state index >= 15 is 0 Å². The third-order valence-corrected chi connectivity index (χ3v) is 3.18. The van der Waals surface area contributed by atoms with E-state index in [1.54, 1.807) is 6.07 Å². The topological polar surface area (TPSA) is 38.0 Å². The average molecular weight is 208 g/mol. The third-order valence-electron chi connectivity index (χ3n) is 3.18. The van der Waals surface area contributed by atoms with Gasteiger partial charge in [-0.1, -0.05) is 17.7 Å². The SMILES string of the molecule is Cc1ccc(F)c([C@H]2CNC[C@]2(C)N)c1. The van der Waals surface area contributed by atoms with Gasteiger partial charge in [-0.15, -0.1) is 0 Å². The first-order valence-electron chi connectivity index (χ1n) is 5.26. The summed E-state index contributed by atoms with van der Waals surface area (Å²) in [6.45, 7) is 5.44. The quantitative estimate of drug-likeness (QED) is 0.734. The molecule has 2 atom stereocenters. The van der Waals surface area contributed by atoms with Crippen molar-refractivity contribution in [3.8, 4) is 0 Å². The van der Waals surface area contributed by atoms with Gasteiger partial charge >= 0.3 is 0 Å². The van der Waals surface area contributed by atoms with Crippen LogP contribution in [0.2, 0.25) is 0 Å². The van der Waals surface area contributed by atoms with Gasteiger partial charge in [-0.3, -0.25) is 0 Å². The number of rotatable bonds is 1. The predicted octanol–water partition coefficient (Wildman–Crippen LogP) is 1.54. The van der Waals surface area contributed by atoms with E-state index in [1.165, 1.54) is 6.07 Å². The van der Waals surface area contributed by atoms with Gasteiger partial charge in [0.2, 0.25) is 0 Å². The second-order valence-electron chi connectivity index (χ2n) is 4.71. The zero-order chi connectivity index (χ0) is 11.1. The van der Waals surface area contributed by atoms with Crippen molar-refractivity contribution in [1.29, 1.82) is 0 Å². The van der Waals surface area contributed by atoms with Crippen molar-refractivity contribution in [2.45, 2.75) is 25.3 Å². The molecule has 0 aromatic heterocycles. The highest BCUT2D eigenvalue weighted by molar-refractivity contribution is 5.31. The number of aryl methyl sites for hydroxylation is 1. The predicted molar refractivity (Wildman–Crippen MR) is 59.3 cm³/mol. The van der Waals surface area contributed by atoms with Crippen LogP contribution in [-0.4, -0.2) is 18.6 Å². The summed E-state index contributed by atoms with van der Waals surface area (Å²) in [4.78, 5) is 0.